The number of thioether (sulfide) groups is 1. The van der Waals surface area contributed by atoms with E-state index in [1.165, 1.54) is 5.56 Å². The molecule has 2 aromatic carbocycles. The molecule has 5 nitrogen and oxygen atoms in total. The summed E-state index contributed by atoms with van der Waals surface area (Å²) in [5, 5.41) is 3.36. The Kier molecular flexibility index (Phi) is 7.07. The SMILES string of the molecule is COCCOc1ccccc1-c1cc(Nc2cccc(CSC)c2)ncn1. The van der Waals surface area contributed by atoms with Crippen LogP contribution in [0.2, 0.25) is 0 Å². The van der Waals surface area contributed by atoms with Crippen LogP contribution >= 0.6 is 11.8 Å². The molecule has 0 radical (unpaired) electrons. The van der Waals surface area contributed by atoms with Crippen LogP contribution in [0, 0.1) is 0 Å². The highest BCUT2D eigenvalue weighted by atomic mass is 32.2. The molecular weight excluding hydrogens is 358 g/mol. The van der Waals surface area contributed by atoms with Gasteiger partial charge >= 0.3 is 0 Å². The molecule has 0 amide bonds. The molecule has 1 aromatic heterocycles. The quantitative estimate of drug-likeness (QED) is 0.539. The average Bonchev–Trinajstić information content (AvgIpc) is 2.69. The summed E-state index contributed by atoms with van der Waals surface area (Å²) in [5.41, 5.74) is 4.02. The molecule has 0 aliphatic heterocycles. The summed E-state index contributed by atoms with van der Waals surface area (Å²) in [6.07, 6.45) is 3.66. The van der Waals surface area contributed by atoms with Crippen molar-refractivity contribution in [1.82, 2.24) is 9.97 Å². The number of benzene rings is 2. The number of nitrogens with one attached hydrogen (secondary N) is 1. The smallest absolute Gasteiger partial charge is 0.134 e. The van der Waals surface area contributed by atoms with Crippen LogP contribution in [0.5, 0.6) is 5.75 Å². The third-order valence-electron chi connectivity index (χ3n) is 3.89. The highest BCUT2D eigenvalue weighted by Gasteiger charge is 2.09. The summed E-state index contributed by atoms with van der Waals surface area (Å²) in [5.74, 6) is 2.51. The van der Waals surface area contributed by atoms with E-state index in [2.05, 4.69) is 39.7 Å². The van der Waals surface area contributed by atoms with E-state index in [9.17, 15) is 0 Å². The topological polar surface area (TPSA) is 56.3 Å². The van der Waals surface area contributed by atoms with Crippen molar-refractivity contribution in [2.75, 3.05) is 31.9 Å². The first-order valence-electron chi connectivity index (χ1n) is 8.68. The monoisotopic (exact) mass is 381 g/mol. The van der Waals surface area contributed by atoms with Crippen LogP contribution in [-0.2, 0) is 10.5 Å². The van der Waals surface area contributed by atoms with Gasteiger partial charge in [0.2, 0.25) is 0 Å². The molecule has 0 aliphatic carbocycles. The molecular formula is C21H23N3O2S. The number of anilines is 2. The van der Waals surface area contributed by atoms with Crippen molar-refractivity contribution in [3.8, 4) is 17.0 Å². The molecule has 0 bridgehead atoms. The third-order valence-corrected chi connectivity index (χ3v) is 4.51. The fraction of sp³-hybridized carbons (Fsp3) is 0.238. The maximum absolute atomic E-state index is 5.82. The van der Waals surface area contributed by atoms with Crippen LogP contribution in [0.15, 0.2) is 60.9 Å². The molecule has 1 N–H and O–H groups in total. The molecule has 0 fully saturated rings. The Labute approximate surface area is 164 Å². The third kappa shape index (κ3) is 5.45. The van der Waals surface area contributed by atoms with E-state index >= 15 is 0 Å². The van der Waals surface area contributed by atoms with Crippen molar-refractivity contribution in [2.45, 2.75) is 5.75 Å². The van der Waals surface area contributed by atoms with Gasteiger partial charge in [0.15, 0.2) is 0 Å². The Morgan fingerprint density at radius 2 is 1.89 bits per heavy atom. The first-order valence-corrected chi connectivity index (χ1v) is 10.1. The highest BCUT2D eigenvalue weighted by molar-refractivity contribution is 7.97. The number of para-hydroxylation sites is 1. The Morgan fingerprint density at radius 3 is 2.74 bits per heavy atom. The molecule has 0 aliphatic rings. The number of aromatic nitrogens is 2. The summed E-state index contributed by atoms with van der Waals surface area (Å²) >= 11 is 1.80. The largest absolute Gasteiger partial charge is 0.490 e. The van der Waals surface area contributed by atoms with Crippen molar-refractivity contribution in [2.24, 2.45) is 0 Å². The van der Waals surface area contributed by atoms with Crippen molar-refractivity contribution >= 4 is 23.3 Å². The number of hydrogen-bond donors (Lipinski definition) is 1. The first-order chi connectivity index (χ1) is 13.3. The summed E-state index contributed by atoms with van der Waals surface area (Å²) in [6.45, 7) is 1.03. The zero-order chi connectivity index (χ0) is 18.9. The number of ether oxygens (including phenoxy) is 2. The molecule has 0 atom stereocenters. The molecule has 6 heteroatoms. The molecule has 0 unspecified atom stereocenters. The molecule has 0 saturated heterocycles. The number of methoxy groups -OCH3 is 1. The fourth-order valence-corrected chi connectivity index (χ4v) is 3.18. The zero-order valence-corrected chi connectivity index (χ0v) is 16.3. The van der Waals surface area contributed by atoms with Gasteiger partial charge in [-0.05, 0) is 36.1 Å². The molecule has 140 valence electrons. The fourth-order valence-electron chi connectivity index (χ4n) is 2.67. The number of rotatable bonds is 9. The van der Waals surface area contributed by atoms with Crippen LogP contribution in [0.3, 0.4) is 0 Å². The van der Waals surface area contributed by atoms with Crippen molar-refractivity contribution < 1.29 is 9.47 Å². The minimum atomic E-state index is 0.492. The maximum Gasteiger partial charge on any atom is 0.134 e. The van der Waals surface area contributed by atoms with E-state index in [0.29, 0.717) is 13.2 Å². The van der Waals surface area contributed by atoms with Crippen LogP contribution in [-0.4, -0.2) is 36.5 Å². The predicted octanol–water partition coefficient (Wildman–Crippen LogP) is 4.78. The van der Waals surface area contributed by atoms with Gasteiger partial charge in [0.25, 0.3) is 0 Å². The van der Waals surface area contributed by atoms with Crippen molar-refractivity contribution in [1.29, 1.82) is 0 Å². The van der Waals surface area contributed by atoms with E-state index < -0.39 is 0 Å². The van der Waals surface area contributed by atoms with Gasteiger partial charge in [-0.3, -0.25) is 0 Å². The van der Waals surface area contributed by atoms with Gasteiger partial charge in [-0.25, -0.2) is 9.97 Å². The van der Waals surface area contributed by atoms with E-state index in [1.807, 2.05) is 36.4 Å². The summed E-state index contributed by atoms with van der Waals surface area (Å²) in [7, 11) is 1.66. The number of nitrogens with zero attached hydrogens (tertiary/aromatic N) is 2. The van der Waals surface area contributed by atoms with E-state index in [1.54, 1.807) is 25.2 Å². The second-order valence-electron chi connectivity index (χ2n) is 5.88. The molecule has 1 heterocycles. The van der Waals surface area contributed by atoms with E-state index in [-0.39, 0.29) is 0 Å². The van der Waals surface area contributed by atoms with Gasteiger partial charge in [-0.2, -0.15) is 11.8 Å². The van der Waals surface area contributed by atoms with Crippen molar-refractivity contribution in [3.05, 3.63) is 66.5 Å². The lowest BCUT2D eigenvalue weighted by Gasteiger charge is -2.12. The zero-order valence-electron chi connectivity index (χ0n) is 15.5. The number of hydrogen-bond acceptors (Lipinski definition) is 6. The molecule has 0 saturated carbocycles. The standard InChI is InChI=1S/C21H23N3O2S/c1-25-10-11-26-20-9-4-3-8-18(20)19-13-21(23-15-22-19)24-17-7-5-6-16(12-17)14-27-2/h3-9,12-13,15H,10-11,14H2,1-2H3,(H,22,23,24). The predicted molar refractivity (Wildman–Crippen MR) is 112 cm³/mol. The van der Waals surface area contributed by atoms with Gasteiger partial charge in [0, 0.05) is 30.2 Å². The second kappa shape index (κ2) is 9.94. The Bertz CT molecular complexity index is 873. The van der Waals surface area contributed by atoms with Gasteiger partial charge in [0.05, 0.1) is 12.3 Å². The Morgan fingerprint density at radius 1 is 1.00 bits per heavy atom. The average molecular weight is 382 g/mol. The second-order valence-corrected chi connectivity index (χ2v) is 6.75. The minimum Gasteiger partial charge on any atom is -0.490 e. The molecule has 0 spiro atoms. The van der Waals surface area contributed by atoms with E-state index in [0.717, 1.165) is 34.3 Å². The van der Waals surface area contributed by atoms with E-state index in [4.69, 9.17) is 9.47 Å². The molecule has 3 aromatic rings. The summed E-state index contributed by atoms with van der Waals surface area (Å²) in [4.78, 5) is 8.77. The normalized spacial score (nSPS) is 10.6. The van der Waals surface area contributed by atoms with Gasteiger partial charge < -0.3 is 14.8 Å². The Balaban J connectivity index is 1.81. The van der Waals surface area contributed by atoms with Crippen LogP contribution in [0.4, 0.5) is 11.5 Å². The lowest BCUT2D eigenvalue weighted by molar-refractivity contribution is 0.146. The lowest BCUT2D eigenvalue weighted by Crippen LogP contribution is -2.05. The van der Waals surface area contributed by atoms with Gasteiger partial charge in [-0.1, -0.05) is 24.3 Å². The van der Waals surface area contributed by atoms with Crippen LogP contribution in [0.1, 0.15) is 5.56 Å². The molecule has 3 rings (SSSR count). The van der Waals surface area contributed by atoms with Gasteiger partial charge in [-0.15, -0.1) is 0 Å². The van der Waals surface area contributed by atoms with Crippen LogP contribution in [0.25, 0.3) is 11.3 Å². The van der Waals surface area contributed by atoms with Gasteiger partial charge in [0.1, 0.15) is 24.5 Å². The van der Waals surface area contributed by atoms with Crippen molar-refractivity contribution in [3.63, 3.8) is 0 Å². The lowest BCUT2D eigenvalue weighted by atomic mass is 10.1. The minimum absolute atomic E-state index is 0.492. The first kappa shape index (κ1) is 19.2. The molecule has 27 heavy (non-hydrogen) atoms. The maximum atomic E-state index is 5.82. The Hall–Kier alpha value is -2.57. The summed E-state index contributed by atoms with van der Waals surface area (Å²) in [6, 6.07) is 18.1. The summed E-state index contributed by atoms with van der Waals surface area (Å²) < 4.78 is 10.9. The highest BCUT2D eigenvalue weighted by Crippen LogP contribution is 2.29. The van der Waals surface area contributed by atoms with Crippen LogP contribution < -0.4 is 10.1 Å².